The van der Waals surface area contributed by atoms with Gasteiger partial charge in [0.05, 0.1) is 12.5 Å². The molecule has 0 amide bonds. The number of carbonyl (C=O) groups is 3. The molecule has 1 aliphatic rings. The van der Waals surface area contributed by atoms with Crippen LogP contribution in [-0.4, -0.2) is 35.8 Å². The number of aliphatic hydroxyl groups is 1. The van der Waals surface area contributed by atoms with Crippen molar-refractivity contribution in [2.45, 2.75) is 44.6 Å². The molecule has 1 aliphatic heterocycles. The van der Waals surface area contributed by atoms with E-state index in [9.17, 15) is 14.4 Å². The second-order valence-electron chi connectivity index (χ2n) is 4.39. The van der Waals surface area contributed by atoms with Crippen LogP contribution in [0.4, 0.5) is 0 Å². The van der Waals surface area contributed by atoms with Crippen molar-refractivity contribution in [1.82, 2.24) is 5.48 Å². The maximum Gasteiger partial charge on any atom is 0.346 e. The summed E-state index contributed by atoms with van der Waals surface area (Å²) in [6.45, 7) is -0.350. The van der Waals surface area contributed by atoms with Crippen molar-refractivity contribution < 1.29 is 24.3 Å². The summed E-state index contributed by atoms with van der Waals surface area (Å²) in [7, 11) is 0. The van der Waals surface area contributed by atoms with E-state index in [1.807, 2.05) is 0 Å². The minimum Gasteiger partial charge on any atom is -0.396 e. The molecule has 1 heterocycles. The lowest BCUT2D eigenvalue weighted by molar-refractivity contribution is -0.187. The van der Waals surface area contributed by atoms with Gasteiger partial charge in [0.1, 0.15) is 12.1 Å². The molecule has 0 aromatic carbocycles. The van der Waals surface area contributed by atoms with E-state index in [0.29, 0.717) is 12.8 Å². The van der Waals surface area contributed by atoms with Gasteiger partial charge in [-0.1, -0.05) is 12.8 Å². The van der Waals surface area contributed by atoms with Gasteiger partial charge >= 0.3 is 5.97 Å². The molecule has 0 aromatic rings. The number of aldehydes is 1. The zero-order chi connectivity index (χ0) is 13.4. The van der Waals surface area contributed by atoms with Gasteiger partial charge in [0, 0.05) is 12.8 Å². The number of hydrogen-bond acceptors (Lipinski definition) is 6. The number of nitrogens with one attached hydrogen (secondary N) is 1. The summed E-state index contributed by atoms with van der Waals surface area (Å²) >= 11 is 0. The fourth-order valence-electron chi connectivity index (χ4n) is 1.88. The second kappa shape index (κ2) is 7.94. The molecule has 2 N–H and O–H groups in total. The molecule has 0 saturated carbocycles. The number of hydrogen-bond donors (Lipinski definition) is 2. The molecule has 6 nitrogen and oxygen atoms in total. The van der Waals surface area contributed by atoms with Gasteiger partial charge in [0.15, 0.2) is 6.04 Å². The molecule has 0 aliphatic carbocycles. The minimum atomic E-state index is -0.707. The van der Waals surface area contributed by atoms with Crippen LogP contribution in [0.25, 0.3) is 0 Å². The molecular weight excluding hydrogens is 238 g/mol. The lowest BCUT2D eigenvalue weighted by atomic mass is 9.92. The van der Waals surface area contributed by atoms with E-state index < -0.39 is 17.9 Å². The highest BCUT2D eigenvalue weighted by Gasteiger charge is 2.41. The summed E-state index contributed by atoms with van der Waals surface area (Å²) in [6, 6.07) is -0.697. The lowest BCUT2D eigenvalue weighted by Gasteiger charge is -2.30. The molecule has 1 saturated heterocycles. The molecule has 1 fully saturated rings. The standard InChI is InChI=1S/C12H19NO5/c14-7-5-3-1-2-4-6-10(16)9(8-15)11-12(17)18-13-11/h7,9,11,13,15H,1-6,8H2/t9?,11-/m0/s1. The summed E-state index contributed by atoms with van der Waals surface area (Å²) in [5.41, 5.74) is 2.38. The quantitative estimate of drug-likeness (QED) is 0.427. The third-order valence-electron chi connectivity index (χ3n) is 3.05. The summed E-state index contributed by atoms with van der Waals surface area (Å²) in [6.07, 6.45) is 5.15. The van der Waals surface area contributed by atoms with Crippen molar-refractivity contribution in [2.75, 3.05) is 6.61 Å². The zero-order valence-electron chi connectivity index (χ0n) is 10.3. The van der Waals surface area contributed by atoms with E-state index in [-0.39, 0.29) is 12.4 Å². The molecule has 1 unspecified atom stereocenters. The van der Waals surface area contributed by atoms with Crippen molar-refractivity contribution >= 4 is 18.0 Å². The first-order valence-electron chi connectivity index (χ1n) is 6.24. The molecule has 0 radical (unpaired) electrons. The molecule has 1 rings (SSSR count). The Hall–Kier alpha value is -1.27. The number of ketones is 1. The summed E-state index contributed by atoms with van der Waals surface area (Å²) in [4.78, 5) is 37.2. The van der Waals surface area contributed by atoms with Gasteiger partial charge in [-0.2, -0.15) is 0 Å². The second-order valence-corrected chi connectivity index (χ2v) is 4.39. The molecule has 18 heavy (non-hydrogen) atoms. The van der Waals surface area contributed by atoms with E-state index in [1.165, 1.54) is 0 Å². The summed E-state index contributed by atoms with van der Waals surface area (Å²) in [5.74, 6) is -1.32. The highest BCUT2D eigenvalue weighted by molar-refractivity contribution is 5.90. The van der Waals surface area contributed by atoms with Crippen LogP contribution in [0.1, 0.15) is 38.5 Å². The van der Waals surface area contributed by atoms with E-state index in [4.69, 9.17) is 5.11 Å². The monoisotopic (exact) mass is 257 g/mol. The summed E-state index contributed by atoms with van der Waals surface area (Å²) < 4.78 is 0. The van der Waals surface area contributed by atoms with Crippen LogP contribution in [0.15, 0.2) is 0 Å². The van der Waals surface area contributed by atoms with Crippen molar-refractivity contribution in [2.24, 2.45) is 5.92 Å². The largest absolute Gasteiger partial charge is 0.396 e. The number of aliphatic hydroxyl groups excluding tert-OH is 1. The van der Waals surface area contributed by atoms with Gasteiger partial charge in [-0.05, 0) is 12.8 Å². The maximum atomic E-state index is 11.8. The Labute approximate surface area is 106 Å². The number of rotatable bonds is 10. The van der Waals surface area contributed by atoms with Crippen LogP contribution in [0.2, 0.25) is 0 Å². The molecular formula is C12H19NO5. The van der Waals surface area contributed by atoms with Crippen molar-refractivity contribution in [3.63, 3.8) is 0 Å². The summed E-state index contributed by atoms with van der Waals surface area (Å²) in [5, 5.41) is 9.11. The van der Waals surface area contributed by atoms with E-state index in [0.717, 1.165) is 32.0 Å². The lowest BCUT2D eigenvalue weighted by Crippen LogP contribution is -2.58. The predicted molar refractivity (Wildman–Crippen MR) is 62.4 cm³/mol. The Bertz CT molecular complexity index is 305. The highest BCUT2D eigenvalue weighted by atomic mass is 16.7. The first-order chi connectivity index (χ1) is 8.70. The fraction of sp³-hybridized carbons (Fsp3) is 0.750. The molecule has 6 heteroatoms. The Kier molecular flexibility index (Phi) is 6.53. The van der Waals surface area contributed by atoms with E-state index >= 15 is 0 Å². The van der Waals surface area contributed by atoms with Gasteiger partial charge in [0.2, 0.25) is 0 Å². The number of hydroxylamine groups is 1. The molecule has 0 spiro atoms. The third kappa shape index (κ3) is 4.19. The van der Waals surface area contributed by atoms with Crippen LogP contribution >= 0.6 is 0 Å². The molecule has 2 atom stereocenters. The Balaban J connectivity index is 2.17. The minimum absolute atomic E-state index is 0.123. The van der Waals surface area contributed by atoms with Crippen LogP contribution in [0.3, 0.4) is 0 Å². The Morgan fingerprint density at radius 3 is 2.61 bits per heavy atom. The average Bonchev–Trinajstić information content (AvgIpc) is 2.37. The van der Waals surface area contributed by atoms with Gasteiger partial charge in [0.25, 0.3) is 0 Å². The highest BCUT2D eigenvalue weighted by Crippen LogP contribution is 2.16. The van der Waals surface area contributed by atoms with Crippen molar-refractivity contribution in [1.29, 1.82) is 0 Å². The van der Waals surface area contributed by atoms with Gasteiger partial charge < -0.3 is 14.7 Å². The topological polar surface area (TPSA) is 92.7 Å². The number of carbonyl (C=O) groups excluding carboxylic acids is 3. The molecule has 102 valence electrons. The van der Waals surface area contributed by atoms with E-state index in [1.54, 1.807) is 0 Å². The predicted octanol–water partition coefficient (Wildman–Crippen LogP) is 0.133. The maximum absolute atomic E-state index is 11.8. The molecule has 0 aromatic heterocycles. The van der Waals surface area contributed by atoms with Crippen molar-refractivity contribution in [3.05, 3.63) is 0 Å². The third-order valence-corrected chi connectivity index (χ3v) is 3.05. The SMILES string of the molecule is O=CCCCCCCC(=O)C(CO)[C@@H]1NOC1=O. The van der Waals surface area contributed by atoms with Crippen molar-refractivity contribution in [3.8, 4) is 0 Å². The van der Waals surface area contributed by atoms with Crippen LogP contribution in [0.5, 0.6) is 0 Å². The Morgan fingerprint density at radius 2 is 2.11 bits per heavy atom. The van der Waals surface area contributed by atoms with E-state index in [2.05, 4.69) is 10.3 Å². The average molecular weight is 257 g/mol. The van der Waals surface area contributed by atoms with Gasteiger partial charge in [-0.15, -0.1) is 5.48 Å². The molecule has 0 bridgehead atoms. The van der Waals surface area contributed by atoms with Gasteiger partial charge in [-0.3, -0.25) is 4.79 Å². The Morgan fingerprint density at radius 1 is 1.39 bits per heavy atom. The number of Topliss-reactive ketones (excluding diaryl/α,β-unsaturated/α-hetero) is 1. The van der Waals surface area contributed by atoms with Gasteiger partial charge in [-0.25, -0.2) is 4.79 Å². The first-order valence-corrected chi connectivity index (χ1v) is 6.24. The van der Waals surface area contributed by atoms with Crippen LogP contribution in [0, 0.1) is 5.92 Å². The normalized spacial score (nSPS) is 19.8. The zero-order valence-corrected chi connectivity index (χ0v) is 10.3. The first kappa shape index (κ1) is 14.8. The number of unbranched alkanes of at least 4 members (excludes halogenated alkanes) is 4. The van der Waals surface area contributed by atoms with Crippen LogP contribution < -0.4 is 5.48 Å². The smallest absolute Gasteiger partial charge is 0.346 e. The fourth-order valence-corrected chi connectivity index (χ4v) is 1.88. The van der Waals surface area contributed by atoms with Crippen LogP contribution in [-0.2, 0) is 19.2 Å².